The van der Waals surface area contributed by atoms with Crippen molar-refractivity contribution in [2.45, 2.75) is 32.2 Å². The molecule has 1 aliphatic rings. The number of rotatable bonds is 4. The molecule has 1 fully saturated rings. The van der Waals surface area contributed by atoms with Crippen LogP contribution in [0.2, 0.25) is 0 Å². The van der Waals surface area contributed by atoms with Gasteiger partial charge in [0, 0.05) is 36.9 Å². The highest BCUT2D eigenvalue weighted by Gasteiger charge is 2.40. The van der Waals surface area contributed by atoms with Crippen LogP contribution in [0.5, 0.6) is 0 Å². The molecule has 0 aromatic carbocycles. The molecular formula is C15H18N4O3S. The Bertz CT molecular complexity index is 708. The number of piperazine rings is 1. The molecule has 0 bridgehead atoms. The van der Waals surface area contributed by atoms with Crippen molar-refractivity contribution < 1.29 is 14.0 Å². The van der Waals surface area contributed by atoms with E-state index in [1.165, 1.54) is 0 Å². The Labute approximate surface area is 137 Å². The van der Waals surface area contributed by atoms with Gasteiger partial charge in [0.1, 0.15) is 5.54 Å². The van der Waals surface area contributed by atoms with E-state index in [4.69, 9.17) is 4.42 Å². The number of aryl methyl sites for hydroxylation is 1. The Morgan fingerprint density at radius 2 is 2.30 bits per heavy atom. The Morgan fingerprint density at radius 1 is 1.48 bits per heavy atom. The Kier molecular flexibility index (Phi) is 4.16. The van der Waals surface area contributed by atoms with Gasteiger partial charge in [-0.1, -0.05) is 0 Å². The van der Waals surface area contributed by atoms with Crippen LogP contribution in [0.15, 0.2) is 21.2 Å². The number of carbonyl (C=O) groups is 2. The summed E-state index contributed by atoms with van der Waals surface area (Å²) in [6.07, 6.45) is 0.603. The normalized spacial score (nSPS) is 17.1. The maximum absolute atomic E-state index is 12.4. The summed E-state index contributed by atoms with van der Waals surface area (Å²) in [6.45, 7) is 4.50. The molecule has 0 radical (unpaired) electrons. The van der Waals surface area contributed by atoms with Crippen molar-refractivity contribution in [2.24, 2.45) is 0 Å². The minimum Gasteiger partial charge on any atom is -0.421 e. The summed E-state index contributed by atoms with van der Waals surface area (Å²) in [5.41, 5.74) is 0.0559. The third-order valence-corrected chi connectivity index (χ3v) is 4.62. The first-order valence-electron chi connectivity index (χ1n) is 7.42. The van der Waals surface area contributed by atoms with E-state index in [9.17, 15) is 9.59 Å². The van der Waals surface area contributed by atoms with Gasteiger partial charge in [0.15, 0.2) is 0 Å². The maximum atomic E-state index is 12.4. The zero-order valence-electron chi connectivity index (χ0n) is 13.0. The van der Waals surface area contributed by atoms with Gasteiger partial charge in [-0.3, -0.25) is 9.59 Å². The molecule has 2 amide bonds. The zero-order chi connectivity index (χ0) is 16.4. The van der Waals surface area contributed by atoms with Gasteiger partial charge in [-0.25, -0.2) is 0 Å². The first kappa shape index (κ1) is 15.7. The highest BCUT2D eigenvalue weighted by Crippen LogP contribution is 2.22. The highest BCUT2D eigenvalue weighted by atomic mass is 32.1. The molecule has 1 saturated heterocycles. The van der Waals surface area contributed by atoms with E-state index in [1.54, 1.807) is 30.1 Å². The summed E-state index contributed by atoms with van der Waals surface area (Å²) in [4.78, 5) is 25.9. The molecule has 0 unspecified atom stereocenters. The van der Waals surface area contributed by atoms with Crippen molar-refractivity contribution in [3.8, 4) is 11.5 Å². The number of nitrogens with one attached hydrogen (secondary N) is 1. The summed E-state index contributed by atoms with van der Waals surface area (Å²) in [5.74, 6) is 0.681. The van der Waals surface area contributed by atoms with Crippen molar-refractivity contribution in [2.75, 3.05) is 13.1 Å². The molecule has 2 aromatic heterocycles. The fourth-order valence-corrected chi connectivity index (χ4v) is 3.17. The molecular weight excluding hydrogens is 316 g/mol. The molecule has 0 spiro atoms. The molecule has 1 N–H and O–H groups in total. The zero-order valence-corrected chi connectivity index (χ0v) is 13.9. The predicted octanol–water partition coefficient (Wildman–Crippen LogP) is 1.47. The van der Waals surface area contributed by atoms with Crippen molar-refractivity contribution in [1.82, 2.24) is 20.4 Å². The molecule has 0 atom stereocenters. The van der Waals surface area contributed by atoms with E-state index in [1.807, 2.05) is 16.8 Å². The third-order valence-electron chi connectivity index (χ3n) is 3.94. The minimum absolute atomic E-state index is 0.0832. The first-order valence-corrected chi connectivity index (χ1v) is 8.36. The Balaban J connectivity index is 1.62. The SMILES string of the molecule is CC1(C)C(=O)NCCN1C(=O)CCc1nnc(-c2ccsc2)o1. The fraction of sp³-hybridized carbons (Fsp3) is 0.467. The highest BCUT2D eigenvalue weighted by molar-refractivity contribution is 7.08. The second kappa shape index (κ2) is 6.11. The number of nitrogens with zero attached hydrogens (tertiary/aromatic N) is 3. The van der Waals surface area contributed by atoms with Crippen LogP contribution in [-0.4, -0.2) is 45.5 Å². The smallest absolute Gasteiger partial charge is 0.248 e. The van der Waals surface area contributed by atoms with E-state index in [-0.39, 0.29) is 18.2 Å². The minimum atomic E-state index is -0.827. The number of hydrogen-bond acceptors (Lipinski definition) is 6. The maximum Gasteiger partial charge on any atom is 0.248 e. The summed E-state index contributed by atoms with van der Waals surface area (Å²) in [5, 5.41) is 14.6. The van der Waals surface area contributed by atoms with Crippen LogP contribution in [0.25, 0.3) is 11.5 Å². The monoisotopic (exact) mass is 334 g/mol. The van der Waals surface area contributed by atoms with Gasteiger partial charge in [0.25, 0.3) is 0 Å². The quantitative estimate of drug-likeness (QED) is 0.914. The summed E-state index contributed by atoms with van der Waals surface area (Å²) in [6, 6.07) is 1.90. The standard InChI is InChI=1S/C15H18N4O3S/c1-15(2)14(21)16-6-7-19(15)12(20)4-3-11-17-18-13(22-11)10-5-8-23-9-10/h5,8-9H,3-4,6-7H2,1-2H3,(H,16,21). The molecule has 3 rings (SSSR count). The van der Waals surface area contributed by atoms with Gasteiger partial charge in [0.05, 0.1) is 0 Å². The van der Waals surface area contributed by atoms with Crippen molar-refractivity contribution >= 4 is 23.2 Å². The molecule has 0 aliphatic carbocycles. The van der Waals surface area contributed by atoms with E-state index in [2.05, 4.69) is 15.5 Å². The predicted molar refractivity (Wildman–Crippen MR) is 84.7 cm³/mol. The van der Waals surface area contributed by atoms with Gasteiger partial charge in [-0.05, 0) is 25.3 Å². The number of amides is 2. The van der Waals surface area contributed by atoms with E-state index in [0.29, 0.717) is 31.3 Å². The van der Waals surface area contributed by atoms with Gasteiger partial charge in [0.2, 0.25) is 23.6 Å². The average molecular weight is 334 g/mol. The van der Waals surface area contributed by atoms with Crippen LogP contribution in [-0.2, 0) is 16.0 Å². The Morgan fingerprint density at radius 3 is 3.04 bits per heavy atom. The van der Waals surface area contributed by atoms with Crippen LogP contribution >= 0.6 is 11.3 Å². The third kappa shape index (κ3) is 3.12. The summed E-state index contributed by atoms with van der Waals surface area (Å²) >= 11 is 1.55. The molecule has 1 aliphatic heterocycles. The van der Waals surface area contributed by atoms with Crippen LogP contribution in [0.3, 0.4) is 0 Å². The lowest BCUT2D eigenvalue weighted by atomic mass is 9.98. The molecule has 122 valence electrons. The van der Waals surface area contributed by atoms with Crippen LogP contribution < -0.4 is 5.32 Å². The topological polar surface area (TPSA) is 88.3 Å². The largest absolute Gasteiger partial charge is 0.421 e. The van der Waals surface area contributed by atoms with Gasteiger partial charge in [-0.15, -0.1) is 10.2 Å². The second-order valence-electron chi connectivity index (χ2n) is 5.87. The van der Waals surface area contributed by atoms with Crippen molar-refractivity contribution in [3.63, 3.8) is 0 Å². The Hall–Kier alpha value is -2.22. The number of hydrogen-bond donors (Lipinski definition) is 1. The molecule has 3 heterocycles. The lowest BCUT2D eigenvalue weighted by Gasteiger charge is -2.41. The summed E-state index contributed by atoms with van der Waals surface area (Å²) in [7, 11) is 0. The molecule has 8 heteroatoms. The van der Waals surface area contributed by atoms with Crippen LogP contribution in [0.1, 0.15) is 26.2 Å². The molecule has 2 aromatic rings. The lowest BCUT2D eigenvalue weighted by Crippen LogP contribution is -2.63. The van der Waals surface area contributed by atoms with E-state index >= 15 is 0 Å². The molecule has 23 heavy (non-hydrogen) atoms. The summed E-state index contributed by atoms with van der Waals surface area (Å²) < 4.78 is 5.57. The van der Waals surface area contributed by atoms with Gasteiger partial charge >= 0.3 is 0 Å². The molecule has 0 saturated carbocycles. The van der Waals surface area contributed by atoms with Crippen LogP contribution in [0.4, 0.5) is 0 Å². The van der Waals surface area contributed by atoms with Crippen molar-refractivity contribution in [1.29, 1.82) is 0 Å². The lowest BCUT2D eigenvalue weighted by molar-refractivity contribution is -0.149. The number of carbonyl (C=O) groups excluding carboxylic acids is 2. The number of thiophene rings is 1. The van der Waals surface area contributed by atoms with Gasteiger partial charge < -0.3 is 14.6 Å². The molecule has 7 nitrogen and oxygen atoms in total. The fourth-order valence-electron chi connectivity index (χ4n) is 2.54. The van der Waals surface area contributed by atoms with Crippen LogP contribution in [0, 0.1) is 0 Å². The van der Waals surface area contributed by atoms with Crippen molar-refractivity contribution in [3.05, 3.63) is 22.7 Å². The second-order valence-corrected chi connectivity index (χ2v) is 6.65. The average Bonchev–Trinajstić information content (AvgIpc) is 3.18. The van der Waals surface area contributed by atoms with Gasteiger partial charge in [-0.2, -0.15) is 11.3 Å². The number of aromatic nitrogens is 2. The van der Waals surface area contributed by atoms with E-state index < -0.39 is 5.54 Å². The van der Waals surface area contributed by atoms with E-state index in [0.717, 1.165) is 5.56 Å². The first-order chi connectivity index (χ1) is 11.0.